The molecular formula is C17H19N2O3P. The van der Waals surface area contributed by atoms with Crippen molar-refractivity contribution in [2.45, 2.75) is 31.8 Å². The second kappa shape index (κ2) is 6.64. The molecule has 0 aliphatic rings. The van der Waals surface area contributed by atoms with Crippen LogP contribution in [0.15, 0.2) is 42.6 Å². The molecule has 0 unspecified atom stereocenters. The van der Waals surface area contributed by atoms with E-state index in [2.05, 4.69) is 11.1 Å². The van der Waals surface area contributed by atoms with Gasteiger partial charge in [0.2, 0.25) is 0 Å². The third-order valence-corrected chi connectivity index (χ3v) is 6.30. The summed E-state index contributed by atoms with van der Waals surface area (Å²) < 4.78 is 12.0. The van der Waals surface area contributed by atoms with Crippen molar-refractivity contribution >= 4 is 7.60 Å². The summed E-state index contributed by atoms with van der Waals surface area (Å²) in [6, 6.07) is 12.7. The maximum absolute atomic E-state index is 12.0. The van der Waals surface area contributed by atoms with Crippen molar-refractivity contribution in [2.24, 2.45) is 0 Å². The van der Waals surface area contributed by atoms with Gasteiger partial charge >= 0.3 is 7.60 Å². The van der Waals surface area contributed by atoms with Gasteiger partial charge in [-0.15, -0.1) is 0 Å². The van der Waals surface area contributed by atoms with Gasteiger partial charge in [-0.05, 0) is 25.0 Å². The fourth-order valence-electron chi connectivity index (χ4n) is 2.83. The number of nitrogens with zero attached hydrogens (tertiary/aromatic N) is 2. The molecule has 0 saturated heterocycles. The number of nitriles is 1. The van der Waals surface area contributed by atoms with Gasteiger partial charge < -0.3 is 9.79 Å². The van der Waals surface area contributed by atoms with Crippen LogP contribution in [0.25, 0.3) is 11.1 Å². The van der Waals surface area contributed by atoms with Crippen LogP contribution in [0.1, 0.15) is 37.9 Å². The molecule has 23 heavy (non-hydrogen) atoms. The van der Waals surface area contributed by atoms with Crippen LogP contribution >= 0.6 is 7.60 Å². The highest BCUT2D eigenvalue weighted by atomic mass is 31.2. The average molecular weight is 330 g/mol. The number of hydrogen-bond acceptors (Lipinski definition) is 3. The first-order valence-corrected chi connectivity index (χ1v) is 9.02. The Morgan fingerprint density at radius 2 is 1.83 bits per heavy atom. The Morgan fingerprint density at radius 1 is 1.17 bits per heavy atom. The van der Waals surface area contributed by atoms with Crippen molar-refractivity contribution < 1.29 is 14.4 Å². The van der Waals surface area contributed by atoms with Gasteiger partial charge in [0.15, 0.2) is 0 Å². The second-order valence-corrected chi connectivity index (χ2v) is 7.32. The van der Waals surface area contributed by atoms with E-state index in [-0.39, 0.29) is 0 Å². The van der Waals surface area contributed by atoms with E-state index in [1.165, 1.54) is 0 Å². The summed E-state index contributed by atoms with van der Waals surface area (Å²) >= 11 is 0. The lowest BCUT2D eigenvalue weighted by atomic mass is 9.95. The van der Waals surface area contributed by atoms with Gasteiger partial charge in [-0.2, -0.15) is 5.26 Å². The number of rotatable bonds is 5. The lowest BCUT2D eigenvalue weighted by molar-refractivity contribution is 0.312. The third-order valence-electron chi connectivity index (χ3n) is 4.33. The van der Waals surface area contributed by atoms with Crippen molar-refractivity contribution in [2.75, 3.05) is 0 Å². The normalized spacial score (nSPS) is 12.0. The van der Waals surface area contributed by atoms with Gasteiger partial charge in [0, 0.05) is 17.3 Å². The van der Waals surface area contributed by atoms with E-state index in [9.17, 15) is 19.6 Å². The lowest BCUT2D eigenvalue weighted by Gasteiger charge is -2.31. The Hall–Kier alpha value is -1.99. The molecule has 1 aromatic carbocycles. The summed E-state index contributed by atoms with van der Waals surface area (Å²) in [6.07, 6.45) is 2.17. The number of aromatic nitrogens is 1. The van der Waals surface area contributed by atoms with Gasteiger partial charge in [-0.3, -0.25) is 9.55 Å². The van der Waals surface area contributed by atoms with Gasteiger partial charge in [0.05, 0.1) is 17.3 Å². The molecule has 120 valence electrons. The quantitative estimate of drug-likeness (QED) is 0.813. The summed E-state index contributed by atoms with van der Waals surface area (Å²) in [5, 5.41) is 7.91. The molecule has 6 heteroatoms. The molecule has 0 spiro atoms. The van der Waals surface area contributed by atoms with Crippen molar-refractivity contribution in [3.63, 3.8) is 0 Å². The molecule has 2 aromatic rings. The molecule has 2 N–H and O–H groups in total. The molecule has 2 rings (SSSR count). The highest BCUT2D eigenvalue weighted by Gasteiger charge is 2.46. The number of hydrogen-bond donors (Lipinski definition) is 2. The van der Waals surface area contributed by atoms with E-state index in [1.54, 1.807) is 44.3 Å². The molecule has 1 aromatic heterocycles. The first-order valence-electron chi connectivity index (χ1n) is 7.41. The predicted molar refractivity (Wildman–Crippen MR) is 88.7 cm³/mol. The Morgan fingerprint density at radius 3 is 2.30 bits per heavy atom. The first-order chi connectivity index (χ1) is 10.9. The molecule has 0 fully saturated rings. The Labute approximate surface area is 135 Å². The smallest absolute Gasteiger partial charge is 0.324 e. The highest BCUT2D eigenvalue weighted by Crippen LogP contribution is 2.60. The van der Waals surface area contributed by atoms with E-state index in [0.29, 0.717) is 24.1 Å². The Balaban J connectivity index is 2.51. The molecular weight excluding hydrogens is 311 g/mol. The van der Waals surface area contributed by atoms with Crippen LogP contribution < -0.4 is 0 Å². The van der Waals surface area contributed by atoms with Gasteiger partial charge in [-0.1, -0.05) is 38.1 Å². The summed E-state index contributed by atoms with van der Waals surface area (Å²) in [5.41, 5.74) is 2.42. The van der Waals surface area contributed by atoms with E-state index < -0.39 is 12.8 Å². The second-order valence-electron chi connectivity index (χ2n) is 5.37. The van der Waals surface area contributed by atoms with Crippen LogP contribution in [-0.4, -0.2) is 14.8 Å². The maximum Gasteiger partial charge on any atom is 0.337 e. The summed E-state index contributed by atoms with van der Waals surface area (Å²) in [6.45, 7) is 3.51. The molecule has 0 bridgehead atoms. The average Bonchev–Trinajstić information content (AvgIpc) is 2.56. The number of pyridine rings is 1. The highest BCUT2D eigenvalue weighted by molar-refractivity contribution is 7.53. The van der Waals surface area contributed by atoms with Crippen LogP contribution in [0.2, 0.25) is 0 Å². The Kier molecular flexibility index (Phi) is 5.01. The molecule has 0 aliphatic heterocycles. The molecule has 1 heterocycles. The zero-order valence-corrected chi connectivity index (χ0v) is 14.0. The third kappa shape index (κ3) is 3.07. The lowest BCUT2D eigenvalue weighted by Crippen LogP contribution is -2.25. The van der Waals surface area contributed by atoms with E-state index >= 15 is 0 Å². The molecule has 0 saturated carbocycles. The summed E-state index contributed by atoms with van der Waals surface area (Å²) in [5.74, 6) is 0. The van der Waals surface area contributed by atoms with E-state index in [0.717, 1.165) is 11.1 Å². The van der Waals surface area contributed by atoms with Gasteiger partial charge in [-0.25, -0.2) is 0 Å². The minimum absolute atomic E-state index is 0.301. The minimum atomic E-state index is -4.35. The van der Waals surface area contributed by atoms with Crippen LogP contribution in [0.3, 0.4) is 0 Å². The van der Waals surface area contributed by atoms with Crippen LogP contribution in [0.5, 0.6) is 0 Å². The molecule has 0 atom stereocenters. The van der Waals surface area contributed by atoms with E-state index in [1.807, 2.05) is 12.1 Å². The van der Waals surface area contributed by atoms with Crippen LogP contribution in [0.4, 0.5) is 0 Å². The zero-order chi connectivity index (χ0) is 17.1. The molecule has 0 amide bonds. The number of benzene rings is 1. The van der Waals surface area contributed by atoms with Crippen LogP contribution in [0, 0.1) is 11.3 Å². The Bertz CT molecular complexity index is 771. The molecule has 0 aliphatic carbocycles. The van der Waals surface area contributed by atoms with Crippen molar-refractivity contribution in [3.05, 3.63) is 53.9 Å². The first kappa shape index (κ1) is 17.4. The largest absolute Gasteiger partial charge is 0.337 e. The zero-order valence-electron chi connectivity index (χ0n) is 13.1. The maximum atomic E-state index is 12.0. The monoisotopic (exact) mass is 330 g/mol. The molecule has 0 radical (unpaired) electrons. The van der Waals surface area contributed by atoms with E-state index in [4.69, 9.17) is 0 Å². The minimum Gasteiger partial charge on any atom is -0.324 e. The fraction of sp³-hybridized carbons (Fsp3) is 0.294. The summed E-state index contributed by atoms with van der Waals surface area (Å²) in [7, 11) is -4.35. The van der Waals surface area contributed by atoms with Crippen molar-refractivity contribution in [3.8, 4) is 17.2 Å². The van der Waals surface area contributed by atoms with Gasteiger partial charge in [0.1, 0.15) is 5.16 Å². The SMILES string of the molecule is CCC(CC)(c1ccc(-c2ccccc2C#N)cn1)P(=O)(O)O. The fourth-order valence-corrected chi connectivity index (χ4v) is 4.09. The van der Waals surface area contributed by atoms with Crippen molar-refractivity contribution in [1.29, 1.82) is 5.26 Å². The van der Waals surface area contributed by atoms with Gasteiger partial charge in [0.25, 0.3) is 0 Å². The van der Waals surface area contributed by atoms with Crippen molar-refractivity contribution in [1.82, 2.24) is 4.98 Å². The summed E-state index contributed by atoms with van der Waals surface area (Å²) in [4.78, 5) is 23.9. The predicted octanol–water partition coefficient (Wildman–Crippen LogP) is 3.81. The van der Waals surface area contributed by atoms with Crippen LogP contribution in [-0.2, 0) is 9.72 Å². The standard InChI is InChI=1S/C17H19N2O3P/c1-3-17(4-2,23(20,21)22)16-10-9-14(12-19-16)15-8-6-5-7-13(15)11-18/h5-10,12H,3-4H2,1-2H3,(H2,20,21,22). The topological polar surface area (TPSA) is 94.2 Å². The molecule has 5 nitrogen and oxygen atoms in total.